The third kappa shape index (κ3) is 6.62. The van der Waals surface area contributed by atoms with Gasteiger partial charge in [-0.3, -0.25) is 14.6 Å². The third-order valence-electron chi connectivity index (χ3n) is 3.02. The first kappa shape index (κ1) is 18.0. The molecule has 0 aliphatic rings. The maximum absolute atomic E-state index is 12.3. The van der Waals surface area contributed by atoms with Crippen molar-refractivity contribution in [2.45, 2.75) is 26.2 Å². The fourth-order valence-electron chi connectivity index (χ4n) is 1.93. The van der Waals surface area contributed by atoms with Gasteiger partial charge in [0.05, 0.1) is 6.20 Å². The molecule has 0 atom stereocenters. The Morgan fingerprint density at radius 3 is 2.77 bits per heavy atom. The van der Waals surface area contributed by atoms with Crippen molar-refractivity contribution in [3.8, 4) is 0 Å². The Morgan fingerprint density at radius 2 is 2.14 bits per heavy atom. The Balaban J connectivity index is 2.44. The van der Waals surface area contributed by atoms with E-state index in [1.807, 2.05) is 6.92 Å². The molecule has 7 heteroatoms. The molecule has 1 aromatic rings. The van der Waals surface area contributed by atoms with Crippen LogP contribution in [-0.4, -0.2) is 60.0 Å². The number of hydrogen-bond donors (Lipinski definition) is 1. The first-order valence-corrected chi connectivity index (χ1v) is 7.50. The molecule has 0 saturated heterocycles. The van der Waals surface area contributed by atoms with Gasteiger partial charge in [0.25, 0.3) is 5.91 Å². The van der Waals surface area contributed by atoms with Crippen molar-refractivity contribution < 1.29 is 14.3 Å². The summed E-state index contributed by atoms with van der Waals surface area (Å²) in [5.41, 5.74) is 0.302. The molecule has 0 saturated carbocycles. The van der Waals surface area contributed by atoms with Crippen molar-refractivity contribution in [3.63, 3.8) is 0 Å². The van der Waals surface area contributed by atoms with Gasteiger partial charge >= 0.3 is 0 Å². The molecule has 0 bridgehead atoms. The minimum Gasteiger partial charge on any atom is -0.385 e. The largest absolute Gasteiger partial charge is 0.385 e. The normalized spacial score (nSPS) is 10.3. The first-order valence-electron chi connectivity index (χ1n) is 7.50. The second kappa shape index (κ2) is 10.7. The third-order valence-corrected chi connectivity index (χ3v) is 3.02. The monoisotopic (exact) mass is 308 g/mol. The van der Waals surface area contributed by atoms with Crippen LogP contribution in [0.5, 0.6) is 0 Å². The molecule has 7 nitrogen and oxygen atoms in total. The van der Waals surface area contributed by atoms with E-state index >= 15 is 0 Å². The molecule has 0 radical (unpaired) electrons. The highest BCUT2D eigenvalue weighted by Gasteiger charge is 2.17. The maximum atomic E-state index is 12.3. The zero-order valence-electron chi connectivity index (χ0n) is 13.2. The number of ether oxygens (including phenoxy) is 1. The molecular weight excluding hydrogens is 284 g/mol. The smallest absolute Gasteiger partial charge is 0.274 e. The van der Waals surface area contributed by atoms with Crippen LogP contribution >= 0.6 is 0 Å². The van der Waals surface area contributed by atoms with E-state index < -0.39 is 0 Å². The zero-order chi connectivity index (χ0) is 16.2. The Hall–Kier alpha value is -2.02. The fraction of sp³-hybridized carbons (Fsp3) is 0.600. The van der Waals surface area contributed by atoms with Gasteiger partial charge in [-0.1, -0.05) is 6.92 Å². The van der Waals surface area contributed by atoms with Crippen LogP contribution in [0.1, 0.15) is 36.7 Å². The number of aromatic nitrogens is 2. The summed E-state index contributed by atoms with van der Waals surface area (Å²) in [6.45, 7) is 4.15. The molecule has 2 amide bonds. The highest BCUT2D eigenvalue weighted by atomic mass is 16.5. The van der Waals surface area contributed by atoms with Gasteiger partial charge in [0.15, 0.2) is 0 Å². The maximum Gasteiger partial charge on any atom is 0.274 e. The molecule has 1 rings (SSSR count). The van der Waals surface area contributed by atoms with Gasteiger partial charge in [-0.2, -0.15) is 0 Å². The minimum absolute atomic E-state index is 0.0656. The lowest BCUT2D eigenvalue weighted by molar-refractivity contribution is -0.121. The molecule has 1 heterocycles. The van der Waals surface area contributed by atoms with Gasteiger partial charge in [0.2, 0.25) is 5.91 Å². The fourth-order valence-corrected chi connectivity index (χ4v) is 1.93. The molecule has 1 aromatic heterocycles. The number of nitrogens with one attached hydrogen (secondary N) is 1. The molecule has 0 unspecified atom stereocenters. The highest BCUT2D eigenvalue weighted by molar-refractivity contribution is 5.92. The summed E-state index contributed by atoms with van der Waals surface area (Å²) in [4.78, 5) is 33.6. The van der Waals surface area contributed by atoms with Crippen molar-refractivity contribution >= 4 is 11.8 Å². The van der Waals surface area contributed by atoms with E-state index in [-0.39, 0.29) is 18.2 Å². The van der Waals surface area contributed by atoms with Gasteiger partial charge in [0, 0.05) is 52.2 Å². The van der Waals surface area contributed by atoms with Crippen LogP contribution < -0.4 is 5.32 Å². The second-order valence-corrected chi connectivity index (χ2v) is 4.83. The van der Waals surface area contributed by atoms with Gasteiger partial charge in [0.1, 0.15) is 5.69 Å². The predicted molar refractivity (Wildman–Crippen MR) is 82.3 cm³/mol. The van der Waals surface area contributed by atoms with Gasteiger partial charge in [-0.15, -0.1) is 0 Å². The van der Waals surface area contributed by atoms with E-state index in [1.54, 1.807) is 12.0 Å². The number of rotatable bonds is 10. The average Bonchev–Trinajstić information content (AvgIpc) is 2.55. The Kier molecular flexibility index (Phi) is 8.74. The standard InChI is InChI=1S/C15H24N4O3/c1-3-9-19(15(21)13-12-16-7-8-17-13)10-5-14(20)18-6-4-11-22-2/h7-8,12H,3-6,9-11H2,1-2H3,(H,18,20). The second-order valence-electron chi connectivity index (χ2n) is 4.83. The van der Waals surface area contributed by atoms with Crippen LogP contribution in [0.25, 0.3) is 0 Å². The molecule has 0 aromatic carbocycles. The van der Waals surface area contributed by atoms with E-state index in [2.05, 4.69) is 15.3 Å². The molecule has 0 spiro atoms. The van der Waals surface area contributed by atoms with Gasteiger partial charge < -0.3 is 15.0 Å². The molecule has 22 heavy (non-hydrogen) atoms. The van der Waals surface area contributed by atoms with Crippen molar-refractivity contribution in [3.05, 3.63) is 24.3 Å². The van der Waals surface area contributed by atoms with E-state index in [0.717, 1.165) is 12.8 Å². The summed E-state index contributed by atoms with van der Waals surface area (Å²) in [6.07, 6.45) is 6.32. The van der Waals surface area contributed by atoms with Crippen LogP contribution in [0, 0.1) is 0 Å². The predicted octanol–water partition coefficient (Wildman–Crippen LogP) is 0.872. The van der Waals surface area contributed by atoms with Gasteiger partial charge in [-0.05, 0) is 12.8 Å². The van der Waals surface area contributed by atoms with Crippen LogP contribution in [0.2, 0.25) is 0 Å². The summed E-state index contributed by atoms with van der Waals surface area (Å²) in [5.74, 6) is -0.258. The number of nitrogens with zero attached hydrogens (tertiary/aromatic N) is 3. The molecular formula is C15H24N4O3. The molecule has 0 aliphatic heterocycles. The quantitative estimate of drug-likeness (QED) is 0.648. The van der Waals surface area contributed by atoms with Crippen molar-refractivity contribution in [1.29, 1.82) is 0 Å². The van der Waals surface area contributed by atoms with E-state index in [4.69, 9.17) is 4.74 Å². The lowest BCUT2D eigenvalue weighted by Crippen LogP contribution is -2.36. The summed E-state index contributed by atoms with van der Waals surface area (Å²) in [6, 6.07) is 0. The van der Waals surface area contributed by atoms with Crippen LogP contribution in [-0.2, 0) is 9.53 Å². The summed E-state index contributed by atoms with van der Waals surface area (Å²) in [7, 11) is 1.63. The lowest BCUT2D eigenvalue weighted by atomic mass is 10.3. The Morgan fingerprint density at radius 1 is 1.32 bits per heavy atom. The van der Waals surface area contributed by atoms with E-state index in [1.165, 1.54) is 18.6 Å². The van der Waals surface area contributed by atoms with E-state index in [0.29, 0.717) is 31.9 Å². The van der Waals surface area contributed by atoms with Crippen molar-refractivity contribution in [1.82, 2.24) is 20.2 Å². The Labute approximate surface area is 131 Å². The number of hydrogen-bond acceptors (Lipinski definition) is 5. The van der Waals surface area contributed by atoms with E-state index in [9.17, 15) is 9.59 Å². The minimum atomic E-state index is -0.192. The van der Waals surface area contributed by atoms with Crippen LogP contribution in [0.15, 0.2) is 18.6 Å². The molecule has 0 aliphatic carbocycles. The summed E-state index contributed by atoms with van der Waals surface area (Å²) >= 11 is 0. The lowest BCUT2D eigenvalue weighted by Gasteiger charge is -2.21. The SMILES string of the molecule is CCCN(CCC(=O)NCCCOC)C(=O)c1cnccn1. The number of amides is 2. The number of methoxy groups -OCH3 is 1. The summed E-state index contributed by atoms with van der Waals surface area (Å²) in [5, 5.41) is 2.81. The Bertz CT molecular complexity index is 453. The molecule has 1 N–H and O–H groups in total. The average molecular weight is 308 g/mol. The number of carbonyl (C=O) groups excluding carboxylic acids is 2. The topological polar surface area (TPSA) is 84.4 Å². The van der Waals surface area contributed by atoms with Crippen molar-refractivity contribution in [2.75, 3.05) is 33.4 Å². The summed E-state index contributed by atoms with van der Waals surface area (Å²) < 4.78 is 4.92. The number of carbonyl (C=O) groups is 2. The van der Waals surface area contributed by atoms with Crippen LogP contribution in [0.3, 0.4) is 0 Å². The molecule has 122 valence electrons. The zero-order valence-corrected chi connectivity index (χ0v) is 13.2. The highest BCUT2D eigenvalue weighted by Crippen LogP contribution is 2.03. The van der Waals surface area contributed by atoms with Crippen molar-refractivity contribution in [2.24, 2.45) is 0 Å². The van der Waals surface area contributed by atoms with Crippen LogP contribution in [0.4, 0.5) is 0 Å². The first-order chi connectivity index (χ1) is 10.7. The molecule has 0 fully saturated rings. The van der Waals surface area contributed by atoms with Gasteiger partial charge in [-0.25, -0.2) is 4.98 Å².